The lowest BCUT2D eigenvalue weighted by Gasteiger charge is -2.08. The van der Waals surface area contributed by atoms with E-state index in [9.17, 15) is 9.59 Å². The molecule has 0 atom stereocenters. The Hall–Kier alpha value is -2.06. The number of carbonyl (C=O) groups is 2. The van der Waals surface area contributed by atoms with E-state index < -0.39 is 5.91 Å². The monoisotopic (exact) mass is 381 g/mol. The Morgan fingerprint density at radius 3 is 2.76 bits per heavy atom. The van der Waals surface area contributed by atoms with E-state index in [0.29, 0.717) is 34.7 Å². The van der Waals surface area contributed by atoms with Crippen molar-refractivity contribution in [3.8, 4) is 0 Å². The molecule has 0 unspecified atom stereocenters. The maximum Gasteiger partial charge on any atom is 0.227 e. The minimum absolute atomic E-state index is 0.128. The first-order valence-corrected chi connectivity index (χ1v) is 9.16. The summed E-state index contributed by atoms with van der Waals surface area (Å²) in [6.07, 6.45) is 0.716. The molecule has 0 radical (unpaired) electrons. The molecule has 0 aliphatic rings. The van der Waals surface area contributed by atoms with E-state index in [0.717, 1.165) is 5.56 Å². The number of benzene rings is 1. The van der Waals surface area contributed by atoms with Crippen LogP contribution in [-0.4, -0.2) is 32.3 Å². The average molecular weight is 382 g/mol. The van der Waals surface area contributed by atoms with E-state index >= 15 is 0 Å². The summed E-state index contributed by atoms with van der Waals surface area (Å²) in [6, 6.07) is 5.39. The van der Waals surface area contributed by atoms with Crippen molar-refractivity contribution in [1.82, 2.24) is 14.8 Å². The SMILES string of the molecule is CCn1c(CCC(=O)Nc2ccc(C)c(Cl)c2)nnc1SCC(N)=O. The molecule has 1 heterocycles. The second kappa shape index (κ2) is 8.87. The van der Waals surface area contributed by atoms with Crippen LogP contribution >= 0.6 is 23.4 Å². The fourth-order valence-corrected chi connectivity index (χ4v) is 3.12. The van der Waals surface area contributed by atoms with Gasteiger partial charge in [-0.15, -0.1) is 10.2 Å². The summed E-state index contributed by atoms with van der Waals surface area (Å²) >= 11 is 7.30. The topological polar surface area (TPSA) is 103 Å². The highest BCUT2D eigenvalue weighted by Gasteiger charge is 2.14. The summed E-state index contributed by atoms with van der Waals surface area (Å²) in [5.41, 5.74) is 6.77. The molecule has 134 valence electrons. The number of hydrogen-bond donors (Lipinski definition) is 2. The van der Waals surface area contributed by atoms with Crippen LogP contribution in [0.3, 0.4) is 0 Å². The van der Waals surface area contributed by atoms with E-state index in [2.05, 4.69) is 15.5 Å². The Balaban J connectivity index is 1.94. The van der Waals surface area contributed by atoms with Gasteiger partial charge in [-0.25, -0.2) is 0 Å². The molecule has 0 bridgehead atoms. The lowest BCUT2D eigenvalue weighted by Crippen LogP contribution is -2.15. The molecule has 1 aromatic carbocycles. The van der Waals surface area contributed by atoms with E-state index in [1.54, 1.807) is 6.07 Å². The second-order valence-corrected chi connectivity index (χ2v) is 6.76. The number of carbonyl (C=O) groups excluding carboxylic acids is 2. The molecule has 25 heavy (non-hydrogen) atoms. The van der Waals surface area contributed by atoms with Crippen molar-refractivity contribution in [3.05, 3.63) is 34.6 Å². The third-order valence-electron chi connectivity index (χ3n) is 3.48. The van der Waals surface area contributed by atoms with Gasteiger partial charge in [0.05, 0.1) is 5.75 Å². The number of anilines is 1. The van der Waals surface area contributed by atoms with Crippen molar-refractivity contribution in [3.63, 3.8) is 0 Å². The number of primary amides is 1. The zero-order valence-corrected chi connectivity index (χ0v) is 15.7. The molecule has 1 aromatic heterocycles. The molecule has 3 N–H and O–H groups in total. The van der Waals surface area contributed by atoms with Crippen LogP contribution in [0, 0.1) is 6.92 Å². The number of amides is 2. The molecule has 2 aromatic rings. The predicted octanol–water partition coefficient (Wildman–Crippen LogP) is 2.41. The van der Waals surface area contributed by atoms with E-state index in [1.165, 1.54) is 11.8 Å². The van der Waals surface area contributed by atoms with Gasteiger partial charge in [0.25, 0.3) is 0 Å². The number of halogens is 1. The highest BCUT2D eigenvalue weighted by molar-refractivity contribution is 7.99. The maximum absolute atomic E-state index is 12.1. The minimum atomic E-state index is -0.409. The van der Waals surface area contributed by atoms with Gasteiger partial charge in [-0.05, 0) is 31.5 Å². The van der Waals surface area contributed by atoms with Crippen LogP contribution in [0.15, 0.2) is 23.4 Å². The summed E-state index contributed by atoms with van der Waals surface area (Å²) < 4.78 is 1.88. The van der Waals surface area contributed by atoms with Crippen LogP contribution in [-0.2, 0) is 22.6 Å². The van der Waals surface area contributed by atoms with Gasteiger partial charge in [-0.1, -0.05) is 29.4 Å². The summed E-state index contributed by atoms with van der Waals surface area (Å²) in [5.74, 6) is 0.309. The lowest BCUT2D eigenvalue weighted by molar-refractivity contribution is -0.116. The molecule has 0 spiro atoms. The number of nitrogens with two attached hydrogens (primary N) is 1. The third kappa shape index (κ3) is 5.47. The van der Waals surface area contributed by atoms with Crippen molar-refractivity contribution >= 4 is 40.9 Å². The first-order chi connectivity index (χ1) is 11.9. The van der Waals surface area contributed by atoms with E-state index in [-0.39, 0.29) is 18.1 Å². The van der Waals surface area contributed by atoms with Gasteiger partial charge in [0.1, 0.15) is 5.82 Å². The number of nitrogens with one attached hydrogen (secondary N) is 1. The smallest absolute Gasteiger partial charge is 0.227 e. The van der Waals surface area contributed by atoms with Gasteiger partial charge in [0.2, 0.25) is 11.8 Å². The third-order valence-corrected chi connectivity index (χ3v) is 4.88. The highest BCUT2D eigenvalue weighted by atomic mass is 35.5. The molecule has 7 nitrogen and oxygen atoms in total. The number of thioether (sulfide) groups is 1. The van der Waals surface area contributed by atoms with Crippen molar-refractivity contribution in [2.75, 3.05) is 11.1 Å². The predicted molar refractivity (Wildman–Crippen MR) is 98.8 cm³/mol. The maximum atomic E-state index is 12.1. The largest absolute Gasteiger partial charge is 0.369 e. The van der Waals surface area contributed by atoms with Crippen molar-refractivity contribution < 1.29 is 9.59 Å². The molecule has 2 rings (SSSR count). The molecular formula is C16H20ClN5O2S. The molecule has 2 amide bonds. The molecular weight excluding hydrogens is 362 g/mol. The molecule has 0 saturated heterocycles. The number of nitrogens with zero attached hydrogens (tertiary/aromatic N) is 3. The van der Waals surface area contributed by atoms with Crippen molar-refractivity contribution in [2.45, 2.75) is 38.4 Å². The summed E-state index contributed by atoms with van der Waals surface area (Å²) in [6.45, 7) is 4.51. The standard InChI is InChI=1S/C16H20ClN5O2S/c1-3-22-14(20-21-16(22)25-9-13(18)23)6-7-15(24)19-11-5-4-10(2)12(17)8-11/h4-5,8H,3,6-7,9H2,1-2H3,(H2,18,23)(H,19,24). The fourth-order valence-electron chi connectivity index (χ4n) is 2.18. The normalized spacial score (nSPS) is 10.7. The van der Waals surface area contributed by atoms with E-state index in [1.807, 2.05) is 30.5 Å². The van der Waals surface area contributed by atoms with Gasteiger partial charge >= 0.3 is 0 Å². The first-order valence-electron chi connectivity index (χ1n) is 7.80. The summed E-state index contributed by atoms with van der Waals surface area (Å²) in [5, 5.41) is 12.2. The molecule has 9 heteroatoms. The Labute approximate surface area is 155 Å². The first kappa shape index (κ1) is 19.3. The average Bonchev–Trinajstić information content (AvgIpc) is 2.96. The highest BCUT2D eigenvalue weighted by Crippen LogP contribution is 2.20. The second-order valence-electron chi connectivity index (χ2n) is 5.41. The summed E-state index contributed by atoms with van der Waals surface area (Å²) in [7, 11) is 0. The van der Waals surface area contributed by atoms with Crippen LogP contribution in [0.2, 0.25) is 5.02 Å². The van der Waals surface area contributed by atoms with Crippen LogP contribution in [0.25, 0.3) is 0 Å². The number of aromatic nitrogens is 3. The quantitative estimate of drug-likeness (QED) is 0.683. The van der Waals surface area contributed by atoms with Gasteiger partial charge in [-0.2, -0.15) is 0 Å². The molecule has 0 aliphatic heterocycles. The molecule has 0 aliphatic carbocycles. The number of rotatable bonds is 8. The van der Waals surface area contributed by atoms with Gasteiger partial charge in [-0.3, -0.25) is 9.59 Å². The van der Waals surface area contributed by atoms with E-state index in [4.69, 9.17) is 17.3 Å². The Bertz CT molecular complexity index is 778. The minimum Gasteiger partial charge on any atom is -0.369 e. The van der Waals surface area contributed by atoms with Gasteiger partial charge in [0, 0.05) is 30.1 Å². The number of aryl methyl sites for hydroxylation is 2. The van der Waals surface area contributed by atoms with Gasteiger partial charge < -0.3 is 15.6 Å². The zero-order chi connectivity index (χ0) is 18.4. The summed E-state index contributed by atoms with van der Waals surface area (Å²) in [4.78, 5) is 23.0. The zero-order valence-electron chi connectivity index (χ0n) is 14.1. The fraction of sp³-hybridized carbons (Fsp3) is 0.375. The van der Waals surface area contributed by atoms with Crippen molar-refractivity contribution in [1.29, 1.82) is 0 Å². The van der Waals surface area contributed by atoms with Crippen molar-refractivity contribution in [2.24, 2.45) is 5.73 Å². The van der Waals surface area contributed by atoms with Crippen LogP contribution in [0.1, 0.15) is 24.7 Å². The van der Waals surface area contributed by atoms with Crippen LogP contribution in [0.4, 0.5) is 5.69 Å². The Morgan fingerprint density at radius 2 is 2.12 bits per heavy atom. The Kier molecular flexibility index (Phi) is 6.83. The number of hydrogen-bond acceptors (Lipinski definition) is 5. The Morgan fingerprint density at radius 1 is 1.36 bits per heavy atom. The van der Waals surface area contributed by atoms with Crippen LogP contribution in [0.5, 0.6) is 0 Å². The van der Waals surface area contributed by atoms with Crippen LogP contribution < -0.4 is 11.1 Å². The van der Waals surface area contributed by atoms with Gasteiger partial charge in [0.15, 0.2) is 5.16 Å². The molecule has 0 fully saturated rings. The lowest BCUT2D eigenvalue weighted by atomic mass is 10.2. The molecule has 0 saturated carbocycles.